The number of hydrogen-bond acceptors (Lipinski definition) is 3. The van der Waals surface area contributed by atoms with Crippen LogP contribution in [0.4, 0.5) is 0 Å². The maximum Gasteiger partial charge on any atom is 0.305 e. The number of esters is 1. The molecule has 1 unspecified atom stereocenters. The van der Waals surface area contributed by atoms with E-state index in [0.29, 0.717) is 6.42 Å². The van der Waals surface area contributed by atoms with Crippen molar-refractivity contribution in [2.24, 2.45) is 0 Å². The molecule has 3 heteroatoms. The SMILES string of the molecule is CCCCCC#CC(O)C#CCCCCCCCC(=O)OC. The number of aliphatic hydroxyl groups is 1. The summed E-state index contributed by atoms with van der Waals surface area (Å²) >= 11 is 0. The molecule has 0 bridgehead atoms. The third kappa shape index (κ3) is 14.9. The number of ether oxygens (including phenoxy) is 1. The third-order valence-corrected chi connectivity index (χ3v) is 3.29. The molecule has 0 rings (SSSR count). The normalized spacial score (nSPS) is 10.9. The standard InChI is InChI=1S/C19H30O3/c1-3-4-5-9-12-15-18(20)16-13-10-7-6-8-11-14-17-19(21)22-2/h18,20H,3-11,14,17H2,1-2H3. The summed E-state index contributed by atoms with van der Waals surface area (Å²) in [5, 5.41) is 9.56. The number of methoxy groups -OCH3 is 1. The van der Waals surface area contributed by atoms with Crippen molar-refractivity contribution in [3.63, 3.8) is 0 Å². The molecule has 0 amide bonds. The van der Waals surface area contributed by atoms with E-state index in [9.17, 15) is 9.90 Å². The molecule has 1 N–H and O–H groups in total. The molecule has 0 heterocycles. The van der Waals surface area contributed by atoms with Crippen molar-refractivity contribution in [1.29, 1.82) is 0 Å². The first kappa shape index (κ1) is 20.6. The van der Waals surface area contributed by atoms with Gasteiger partial charge < -0.3 is 9.84 Å². The van der Waals surface area contributed by atoms with Crippen LogP contribution in [0.15, 0.2) is 0 Å². The molecule has 0 radical (unpaired) electrons. The first-order chi connectivity index (χ1) is 10.7. The van der Waals surface area contributed by atoms with E-state index in [4.69, 9.17) is 0 Å². The summed E-state index contributed by atoms with van der Waals surface area (Å²) in [4.78, 5) is 10.9. The maximum atomic E-state index is 10.9. The van der Waals surface area contributed by atoms with E-state index < -0.39 is 6.10 Å². The molecule has 0 fully saturated rings. The van der Waals surface area contributed by atoms with Crippen molar-refractivity contribution < 1.29 is 14.6 Å². The Bertz CT molecular complexity index is 392. The second kappa shape index (κ2) is 15.9. The number of rotatable bonds is 10. The van der Waals surface area contributed by atoms with Gasteiger partial charge in [0.05, 0.1) is 7.11 Å². The van der Waals surface area contributed by atoms with Gasteiger partial charge in [0.1, 0.15) is 0 Å². The van der Waals surface area contributed by atoms with Crippen LogP contribution in [0.5, 0.6) is 0 Å². The quantitative estimate of drug-likeness (QED) is 0.379. The topological polar surface area (TPSA) is 46.5 Å². The third-order valence-electron chi connectivity index (χ3n) is 3.29. The van der Waals surface area contributed by atoms with Gasteiger partial charge in [-0.25, -0.2) is 0 Å². The Kier molecular flexibility index (Phi) is 14.9. The van der Waals surface area contributed by atoms with Gasteiger partial charge in [-0.05, 0) is 19.3 Å². The summed E-state index contributed by atoms with van der Waals surface area (Å²) < 4.78 is 4.59. The van der Waals surface area contributed by atoms with E-state index in [-0.39, 0.29) is 5.97 Å². The first-order valence-corrected chi connectivity index (χ1v) is 8.42. The number of hydrogen-bond donors (Lipinski definition) is 1. The van der Waals surface area contributed by atoms with Crippen LogP contribution >= 0.6 is 0 Å². The number of carbonyl (C=O) groups is 1. The Labute approximate surface area is 135 Å². The van der Waals surface area contributed by atoms with Crippen LogP contribution < -0.4 is 0 Å². The highest BCUT2D eigenvalue weighted by molar-refractivity contribution is 5.68. The van der Waals surface area contributed by atoms with Gasteiger partial charge in [-0.3, -0.25) is 4.79 Å². The number of carbonyl (C=O) groups excluding carboxylic acids is 1. The van der Waals surface area contributed by atoms with Crippen LogP contribution in [-0.2, 0) is 9.53 Å². The predicted octanol–water partition coefficient (Wildman–Crippen LogP) is 3.84. The highest BCUT2D eigenvalue weighted by Crippen LogP contribution is 2.07. The second-order valence-electron chi connectivity index (χ2n) is 5.35. The molecule has 0 aromatic rings. The lowest BCUT2D eigenvalue weighted by Crippen LogP contribution is -1.99. The molecule has 22 heavy (non-hydrogen) atoms. The largest absolute Gasteiger partial charge is 0.469 e. The van der Waals surface area contributed by atoms with E-state index in [2.05, 4.69) is 35.3 Å². The van der Waals surface area contributed by atoms with E-state index in [1.165, 1.54) is 20.0 Å². The summed E-state index contributed by atoms with van der Waals surface area (Å²) in [6, 6.07) is 0. The molecular formula is C19H30O3. The van der Waals surface area contributed by atoms with Gasteiger partial charge >= 0.3 is 5.97 Å². The molecule has 1 atom stereocenters. The molecule has 0 saturated carbocycles. The summed E-state index contributed by atoms with van der Waals surface area (Å²) in [5.74, 6) is 11.4. The highest BCUT2D eigenvalue weighted by Gasteiger charge is 1.98. The van der Waals surface area contributed by atoms with Crippen molar-refractivity contribution in [2.45, 2.75) is 83.7 Å². The Balaban J connectivity index is 3.49. The van der Waals surface area contributed by atoms with Gasteiger partial charge in [0.15, 0.2) is 6.10 Å². The molecule has 0 spiro atoms. The van der Waals surface area contributed by atoms with Gasteiger partial charge in [0.2, 0.25) is 0 Å². The Morgan fingerprint density at radius 2 is 1.50 bits per heavy atom. The zero-order valence-corrected chi connectivity index (χ0v) is 14.1. The van der Waals surface area contributed by atoms with Crippen LogP contribution in [-0.4, -0.2) is 24.3 Å². The summed E-state index contributed by atoms with van der Waals surface area (Å²) in [7, 11) is 1.42. The van der Waals surface area contributed by atoms with Crippen molar-refractivity contribution in [2.75, 3.05) is 7.11 Å². The molecule has 124 valence electrons. The minimum atomic E-state index is -0.804. The van der Waals surface area contributed by atoms with Gasteiger partial charge in [-0.2, -0.15) is 0 Å². The maximum absolute atomic E-state index is 10.9. The minimum absolute atomic E-state index is 0.129. The number of unbranched alkanes of at least 4 members (excludes halogenated alkanes) is 8. The van der Waals surface area contributed by atoms with Gasteiger partial charge in [0.25, 0.3) is 0 Å². The zero-order valence-electron chi connectivity index (χ0n) is 14.1. The number of aliphatic hydroxyl groups excluding tert-OH is 1. The van der Waals surface area contributed by atoms with Crippen LogP contribution in [0.25, 0.3) is 0 Å². The molecular weight excluding hydrogens is 276 g/mol. The average Bonchev–Trinajstić information content (AvgIpc) is 2.52. The molecule has 0 saturated heterocycles. The fourth-order valence-electron chi connectivity index (χ4n) is 1.95. The Hall–Kier alpha value is -1.45. The lowest BCUT2D eigenvalue weighted by molar-refractivity contribution is -0.140. The fraction of sp³-hybridized carbons (Fsp3) is 0.737. The fourth-order valence-corrected chi connectivity index (χ4v) is 1.95. The van der Waals surface area contributed by atoms with Gasteiger partial charge in [0, 0.05) is 19.3 Å². The molecule has 0 aliphatic rings. The van der Waals surface area contributed by atoms with Crippen molar-refractivity contribution >= 4 is 5.97 Å². The smallest absolute Gasteiger partial charge is 0.305 e. The van der Waals surface area contributed by atoms with E-state index in [1.54, 1.807) is 0 Å². The van der Waals surface area contributed by atoms with Crippen molar-refractivity contribution in [3.05, 3.63) is 0 Å². The molecule has 0 aliphatic heterocycles. The highest BCUT2D eigenvalue weighted by atomic mass is 16.5. The molecule has 0 aromatic heterocycles. The molecule has 0 aromatic carbocycles. The van der Waals surface area contributed by atoms with E-state index in [0.717, 1.165) is 51.4 Å². The Morgan fingerprint density at radius 1 is 0.955 bits per heavy atom. The zero-order chi connectivity index (χ0) is 16.5. The molecule has 0 aliphatic carbocycles. The summed E-state index contributed by atoms with van der Waals surface area (Å²) in [6.45, 7) is 2.16. The summed E-state index contributed by atoms with van der Waals surface area (Å²) in [6.07, 6.45) is 10.0. The van der Waals surface area contributed by atoms with Crippen LogP contribution in [0.1, 0.15) is 77.6 Å². The lowest BCUT2D eigenvalue weighted by atomic mass is 10.1. The van der Waals surface area contributed by atoms with Crippen LogP contribution in [0.3, 0.4) is 0 Å². The average molecular weight is 306 g/mol. The van der Waals surface area contributed by atoms with E-state index in [1.807, 2.05) is 0 Å². The Morgan fingerprint density at radius 3 is 2.09 bits per heavy atom. The summed E-state index contributed by atoms with van der Waals surface area (Å²) in [5.41, 5.74) is 0. The first-order valence-electron chi connectivity index (χ1n) is 8.42. The lowest BCUT2D eigenvalue weighted by Gasteiger charge is -1.99. The van der Waals surface area contributed by atoms with Crippen molar-refractivity contribution in [1.82, 2.24) is 0 Å². The van der Waals surface area contributed by atoms with E-state index >= 15 is 0 Å². The van der Waals surface area contributed by atoms with Gasteiger partial charge in [-0.1, -0.05) is 62.7 Å². The predicted molar refractivity (Wildman–Crippen MR) is 90.0 cm³/mol. The monoisotopic (exact) mass is 306 g/mol. The van der Waals surface area contributed by atoms with Crippen molar-refractivity contribution in [3.8, 4) is 23.7 Å². The molecule has 3 nitrogen and oxygen atoms in total. The minimum Gasteiger partial charge on any atom is -0.469 e. The second-order valence-corrected chi connectivity index (χ2v) is 5.35. The van der Waals surface area contributed by atoms with Crippen LogP contribution in [0, 0.1) is 23.7 Å². The van der Waals surface area contributed by atoms with Crippen LogP contribution in [0.2, 0.25) is 0 Å². The van der Waals surface area contributed by atoms with Gasteiger partial charge in [-0.15, -0.1) is 0 Å².